The third-order valence-corrected chi connectivity index (χ3v) is 3.07. The summed E-state index contributed by atoms with van der Waals surface area (Å²) >= 11 is 0. The average molecular weight is 223 g/mol. The molecule has 6 heteroatoms. The van der Waals surface area contributed by atoms with Crippen molar-refractivity contribution >= 4 is 6.09 Å². The summed E-state index contributed by atoms with van der Waals surface area (Å²) in [7, 11) is 0. The zero-order valence-corrected chi connectivity index (χ0v) is 9.04. The van der Waals surface area contributed by atoms with Gasteiger partial charge in [-0.05, 0) is 19.9 Å². The van der Waals surface area contributed by atoms with E-state index < -0.39 is 17.4 Å². The van der Waals surface area contributed by atoms with Crippen molar-refractivity contribution < 1.29 is 14.6 Å². The molecule has 2 heterocycles. The van der Waals surface area contributed by atoms with Gasteiger partial charge in [-0.1, -0.05) is 6.07 Å². The lowest BCUT2D eigenvalue weighted by Gasteiger charge is -2.35. The van der Waals surface area contributed by atoms with Crippen LogP contribution >= 0.6 is 0 Å². The summed E-state index contributed by atoms with van der Waals surface area (Å²) in [6.07, 6.45) is 2.36. The Labute approximate surface area is 92.6 Å². The number of amides is 1. The fourth-order valence-electron chi connectivity index (χ4n) is 1.71. The summed E-state index contributed by atoms with van der Waals surface area (Å²) in [6.45, 7) is 3.01. The monoisotopic (exact) mass is 223 g/mol. The highest BCUT2D eigenvalue weighted by molar-refractivity contribution is 5.71. The molecule has 1 amide bonds. The minimum Gasteiger partial charge on any atom is -0.432 e. The third-order valence-electron chi connectivity index (χ3n) is 3.07. The van der Waals surface area contributed by atoms with Crippen LogP contribution in [0.25, 0.3) is 0 Å². The van der Waals surface area contributed by atoms with Gasteiger partial charge in [0.1, 0.15) is 0 Å². The van der Waals surface area contributed by atoms with E-state index >= 15 is 0 Å². The Balaban J connectivity index is 2.51. The highest BCUT2D eigenvalue weighted by Gasteiger charge is 2.59. The summed E-state index contributed by atoms with van der Waals surface area (Å²) in [5.41, 5.74) is -2.26. The topological polar surface area (TPSA) is 88.7 Å². The number of aromatic nitrogens is 1. The first-order valence-corrected chi connectivity index (χ1v) is 4.80. The Morgan fingerprint density at radius 2 is 2.25 bits per heavy atom. The molecule has 0 spiro atoms. The van der Waals surface area contributed by atoms with Gasteiger partial charge in [0.25, 0.3) is 0 Å². The molecule has 3 N–H and O–H groups in total. The number of aliphatic hydroxyl groups is 1. The van der Waals surface area contributed by atoms with E-state index in [0.29, 0.717) is 10.6 Å². The standard InChI is InChI=1S/C10H13N3O3/c1-9(7-4-3-5-12-6-7)10(2,15)13(11)8(14)16-9/h3-6,15H,11H2,1-2H3. The van der Waals surface area contributed by atoms with Crippen molar-refractivity contribution in [1.82, 2.24) is 9.99 Å². The largest absolute Gasteiger partial charge is 0.432 e. The van der Waals surface area contributed by atoms with E-state index in [1.807, 2.05) is 0 Å². The number of pyridine rings is 1. The lowest BCUT2D eigenvalue weighted by atomic mass is 9.87. The van der Waals surface area contributed by atoms with Crippen LogP contribution in [0, 0.1) is 0 Å². The first kappa shape index (κ1) is 10.8. The highest BCUT2D eigenvalue weighted by atomic mass is 16.6. The molecule has 16 heavy (non-hydrogen) atoms. The van der Waals surface area contributed by atoms with Crippen LogP contribution in [-0.4, -0.2) is 26.9 Å². The maximum Gasteiger partial charge on any atom is 0.427 e. The molecule has 1 aromatic heterocycles. The number of hydrogen-bond donors (Lipinski definition) is 2. The Morgan fingerprint density at radius 1 is 1.56 bits per heavy atom. The van der Waals surface area contributed by atoms with Crippen LogP contribution in [0.5, 0.6) is 0 Å². The molecule has 0 bridgehead atoms. The van der Waals surface area contributed by atoms with Gasteiger partial charge >= 0.3 is 6.09 Å². The second kappa shape index (κ2) is 3.16. The quantitative estimate of drug-likeness (QED) is 0.529. The SMILES string of the molecule is CC1(c2cccnc2)OC(=O)N(N)C1(C)O. The summed E-state index contributed by atoms with van der Waals surface area (Å²) in [5, 5.41) is 10.9. The van der Waals surface area contributed by atoms with Crippen molar-refractivity contribution in [3.8, 4) is 0 Å². The molecule has 1 saturated heterocycles. The summed E-state index contributed by atoms with van der Waals surface area (Å²) in [4.78, 5) is 15.3. The summed E-state index contributed by atoms with van der Waals surface area (Å²) < 4.78 is 5.13. The maximum absolute atomic E-state index is 11.4. The Kier molecular flexibility index (Phi) is 2.14. The van der Waals surface area contributed by atoms with Gasteiger partial charge in [-0.2, -0.15) is 0 Å². The van der Waals surface area contributed by atoms with Gasteiger partial charge in [-0.3, -0.25) is 4.98 Å². The molecule has 6 nitrogen and oxygen atoms in total. The van der Waals surface area contributed by atoms with Crippen LogP contribution < -0.4 is 5.84 Å². The average Bonchev–Trinajstić information content (AvgIpc) is 2.42. The molecule has 0 aliphatic carbocycles. The number of rotatable bonds is 1. The van der Waals surface area contributed by atoms with Gasteiger partial charge in [-0.15, -0.1) is 0 Å². The molecule has 2 rings (SSSR count). The normalized spacial score (nSPS) is 34.0. The molecule has 1 aliphatic rings. The number of cyclic esters (lactones) is 1. The van der Waals surface area contributed by atoms with E-state index in [1.54, 1.807) is 25.3 Å². The van der Waals surface area contributed by atoms with E-state index in [0.717, 1.165) is 0 Å². The van der Waals surface area contributed by atoms with E-state index in [1.165, 1.54) is 13.1 Å². The van der Waals surface area contributed by atoms with Gasteiger partial charge in [0, 0.05) is 18.0 Å². The first-order chi connectivity index (χ1) is 7.39. The summed E-state index contributed by atoms with van der Waals surface area (Å²) in [5.74, 6) is 5.46. The van der Waals surface area contributed by atoms with Crippen LogP contribution in [0.1, 0.15) is 19.4 Å². The highest BCUT2D eigenvalue weighted by Crippen LogP contribution is 2.42. The lowest BCUT2D eigenvalue weighted by molar-refractivity contribution is -0.141. The minimum atomic E-state index is -1.62. The second-order valence-corrected chi connectivity index (χ2v) is 4.03. The number of carbonyl (C=O) groups excluding carboxylic acids is 1. The van der Waals surface area contributed by atoms with Crippen molar-refractivity contribution in [3.05, 3.63) is 30.1 Å². The smallest absolute Gasteiger partial charge is 0.427 e. The predicted molar refractivity (Wildman–Crippen MR) is 54.7 cm³/mol. The maximum atomic E-state index is 11.4. The molecule has 1 aliphatic heterocycles. The van der Waals surface area contributed by atoms with Crippen LogP contribution in [0.4, 0.5) is 4.79 Å². The molecule has 1 aromatic rings. The number of ether oxygens (including phenoxy) is 1. The first-order valence-electron chi connectivity index (χ1n) is 4.80. The van der Waals surface area contributed by atoms with Gasteiger partial charge in [-0.25, -0.2) is 15.6 Å². The second-order valence-electron chi connectivity index (χ2n) is 4.03. The zero-order valence-electron chi connectivity index (χ0n) is 9.04. The van der Waals surface area contributed by atoms with Crippen LogP contribution in [-0.2, 0) is 10.3 Å². The molecule has 1 fully saturated rings. The Morgan fingerprint density at radius 3 is 2.69 bits per heavy atom. The fraction of sp³-hybridized carbons (Fsp3) is 0.400. The van der Waals surface area contributed by atoms with E-state index in [4.69, 9.17) is 10.6 Å². The molecule has 0 radical (unpaired) electrons. The Hall–Kier alpha value is -1.66. The van der Waals surface area contributed by atoms with Crippen molar-refractivity contribution in [2.45, 2.75) is 25.2 Å². The van der Waals surface area contributed by atoms with Gasteiger partial charge < -0.3 is 9.84 Å². The molecular weight excluding hydrogens is 210 g/mol. The Bertz CT molecular complexity index is 421. The number of carbonyl (C=O) groups is 1. The van der Waals surface area contributed by atoms with Crippen LogP contribution in [0.3, 0.4) is 0 Å². The van der Waals surface area contributed by atoms with Crippen molar-refractivity contribution in [1.29, 1.82) is 0 Å². The van der Waals surface area contributed by atoms with Crippen LogP contribution in [0.15, 0.2) is 24.5 Å². The van der Waals surface area contributed by atoms with Gasteiger partial charge in [0.15, 0.2) is 11.3 Å². The molecule has 2 unspecified atom stereocenters. The number of nitrogens with zero attached hydrogens (tertiary/aromatic N) is 2. The number of hydrogen-bond acceptors (Lipinski definition) is 5. The van der Waals surface area contributed by atoms with Crippen molar-refractivity contribution in [3.63, 3.8) is 0 Å². The van der Waals surface area contributed by atoms with Crippen LogP contribution in [0.2, 0.25) is 0 Å². The van der Waals surface area contributed by atoms with Gasteiger partial charge in [0.05, 0.1) is 0 Å². The molecule has 0 aromatic carbocycles. The molecular formula is C10H13N3O3. The molecule has 0 saturated carbocycles. The van der Waals surface area contributed by atoms with Crippen molar-refractivity contribution in [2.75, 3.05) is 0 Å². The fourth-order valence-corrected chi connectivity index (χ4v) is 1.71. The third kappa shape index (κ3) is 1.20. The predicted octanol–water partition coefficient (Wildman–Crippen LogP) is 0.331. The summed E-state index contributed by atoms with van der Waals surface area (Å²) in [6, 6.07) is 3.41. The number of nitrogens with two attached hydrogens (primary N) is 1. The molecule has 2 atom stereocenters. The van der Waals surface area contributed by atoms with Crippen molar-refractivity contribution in [2.24, 2.45) is 5.84 Å². The minimum absolute atomic E-state index is 0.585. The molecule has 86 valence electrons. The zero-order chi connectivity index (χ0) is 12.0. The van der Waals surface area contributed by atoms with E-state index in [9.17, 15) is 9.90 Å². The lowest BCUT2D eigenvalue weighted by Crippen LogP contribution is -2.56. The van der Waals surface area contributed by atoms with Gasteiger partial charge in [0.2, 0.25) is 0 Å². The van der Waals surface area contributed by atoms with E-state index in [2.05, 4.69) is 4.98 Å². The number of hydrazine groups is 1. The van der Waals surface area contributed by atoms with E-state index in [-0.39, 0.29) is 0 Å².